The van der Waals surface area contributed by atoms with Crippen LogP contribution in [0, 0.1) is 22.7 Å². The number of benzene rings is 1. The number of ether oxygens (including phenoxy) is 2. The van der Waals surface area contributed by atoms with Crippen molar-refractivity contribution in [2.75, 3.05) is 0 Å². The maximum absolute atomic E-state index is 12.3. The van der Waals surface area contributed by atoms with Crippen LogP contribution >= 0.6 is 0 Å². The fourth-order valence-corrected chi connectivity index (χ4v) is 7.61. The highest BCUT2D eigenvalue weighted by atomic mass is 16.6. The van der Waals surface area contributed by atoms with Gasteiger partial charge in [0.25, 0.3) is 5.91 Å². The fourth-order valence-electron chi connectivity index (χ4n) is 7.61. The van der Waals surface area contributed by atoms with Gasteiger partial charge in [0.15, 0.2) is 0 Å². The van der Waals surface area contributed by atoms with Crippen LogP contribution < -0.4 is 10.1 Å². The van der Waals surface area contributed by atoms with Crippen molar-refractivity contribution < 1.29 is 29.3 Å². The molecule has 3 N–H and O–H groups in total. The second-order valence-electron chi connectivity index (χ2n) is 11.1. The van der Waals surface area contributed by atoms with Crippen molar-refractivity contribution in [2.45, 2.75) is 84.7 Å². The van der Waals surface area contributed by atoms with E-state index in [1.165, 1.54) is 6.92 Å². The summed E-state index contributed by atoms with van der Waals surface area (Å²) in [6.07, 6.45) is 1.50. The number of esters is 1. The third kappa shape index (κ3) is 2.57. The van der Waals surface area contributed by atoms with Crippen LogP contribution in [0.2, 0.25) is 0 Å². The van der Waals surface area contributed by atoms with E-state index in [1.807, 2.05) is 0 Å². The number of hydrogen-bond acceptors (Lipinski definition) is 6. The summed E-state index contributed by atoms with van der Waals surface area (Å²) in [5.74, 6) is 0.440. The lowest BCUT2D eigenvalue weighted by Gasteiger charge is -2.65. The number of fused-ring (bicyclic) bond motifs is 5. The average Bonchev–Trinajstić information content (AvgIpc) is 3.27. The van der Waals surface area contributed by atoms with E-state index in [0.717, 1.165) is 24.0 Å². The van der Waals surface area contributed by atoms with Gasteiger partial charge in [-0.3, -0.25) is 9.59 Å². The minimum absolute atomic E-state index is 0.0947. The van der Waals surface area contributed by atoms with E-state index in [-0.39, 0.29) is 23.5 Å². The van der Waals surface area contributed by atoms with Gasteiger partial charge in [-0.1, -0.05) is 27.7 Å². The van der Waals surface area contributed by atoms with Crippen LogP contribution in [0.1, 0.15) is 75.4 Å². The number of nitrogens with one attached hydrogen (secondary N) is 1. The molecule has 174 valence electrons. The fraction of sp³-hybridized carbons (Fsp3) is 0.680. The van der Waals surface area contributed by atoms with Gasteiger partial charge in [-0.15, -0.1) is 0 Å². The Hall–Kier alpha value is -2.28. The van der Waals surface area contributed by atoms with E-state index >= 15 is 0 Å². The Labute approximate surface area is 188 Å². The van der Waals surface area contributed by atoms with Crippen LogP contribution in [0.15, 0.2) is 6.07 Å². The van der Waals surface area contributed by atoms with Crippen LogP contribution in [0.4, 0.5) is 0 Å². The predicted octanol–water partition coefficient (Wildman–Crippen LogP) is 3.08. The maximum atomic E-state index is 12.3. The Bertz CT molecular complexity index is 1020. The molecule has 0 saturated heterocycles. The van der Waals surface area contributed by atoms with Crippen LogP contribution in [0.5, 0.6) is 11.5 Å². The first-order valence-corrected chi connectivity index (χ1v) is 11.6. The van der Waals surface area contributed by atoms with Crippen LogP contribution in [-0.4, -0.2) is 39.9 Å². The molecule has 1 amide bonds. The van der Waals surface area contributed by atoms with Crippen molar-refractivity contribution >= 4 is 11.9 Å². The molecule has 2 saturated carbocycles. The third-order valence-corrected chi connectivity index (χ3v) is 9.23. The molecule has 2 aliphatic heterocycles. The molecule has 0 radical (unpaired) electrons. The number of carbonyl (C=O) groups excluding carboxylic acids is 2. The van der Waals surface area contributed by atoms with Gasteiger partial charge in [-0.25, -0.2) is 0 Å². The minimum atomic E-state index is -0.766. The first kappa shape index (κ1) is 21.6. The Kier molecular flexibility index (Phi) is 4.46. The van der Waals surface area contributed by atoms with E-state index in [1.54, 1.807) is 6.07 Å². The molecule has 1 aromatic rings. The lowest BCUT2D eigenvalue weighted by molar-refractivity contribution is -0.245. The summed E-state index contributed by atoms with van der Waals surface area (Å²) in [5.41, 5.74) is 0.500. The third-order valence-electron chi connectivity index (χ3n) is 9.23. The van der Waals surface area contributed by atoms with E-state index in [2.05, 4.69) is 33.0 Å². The van der Waals surface area contributed by atoms with Gasteiger partial charge in [-0.2, -0.15) is 0 Å². The van der Waals surface area contributed by atoms with Crippen LogP contribution in [-0.2, 0) is 22.5 Å². The Morgan fingerprint density at radius 1 is 1.25 bits per heavy atom. The van der Waals surface area contributed by atoms with Crippen molar-refractivity contribution in [3.63, 3.8) is 0 Å². The summed E-state index contributed by atoms with van der Waals surface area (Å²) in [6.45, 7) is 10.3. The molecule has 32 heavy (non-hydrogen) atoms. The van der Waals surface area contributed by atoms with Crippen LogP contribution in [0.25, 0.3) is 0 Å². The van der Waals surface area contributed by atoms with E-state index in [4.69, 9.17) is 9.47 Å². The molecule has 7 nitrogen and oxygen atoms in total. The van der Waals surface area contributed by atoms with Gasteiger partial charge in [0.05, 0.1) is 11.7 Å². The summed E-state index contributed by atoms with van der Waals surface area (Å²) >= 11 is 0. The molecule has 1 aromatic carbocycles. The monoisotopic (exact) mass is 443 g/mol. The Balaban J connectivity index is 1.64. The minimum Gasteiger partial charge on any atom is -0.508 e. The second-order valence-corrected chi connectivity index (χ2v) is 11.1. The highest BCUT2D eigenvalue weighted by molar-refractivity contribution is 6.00. The number of aliphatic hydroxyl groups is 1. The number of phenols is 1. The van der Waals surface area contributed by atoms with Gasteiger partial charge in [-0.05, 0) is 42.6 Å². The quantitative estimate of drug-likeness (QED) is 0.576. The zero-order valence-corrected chi connectivity index (χ0v) is 19.4. The Morgan fingerprint density at radius 2 is 1.97 bits per heavy atom. The lowest BCUT2D eigenvalue weighted by atomic mass is 9.43. The maximum Gasteiger partial charge on any atom is 0.302 e. The highest BCUT2D eigenvalue weighted by Crippen LogP contribution is 2.67. The number of amides is 1. The molecule has 0 aromatic heterocycles. The molecule has 1 spiro atoms. The number of carbonyl (C=O) groups is 2. The number of rotatable bonds is 1. The number of hydrogen-bond donors (Lipinski definition) is 3. The van der Waals surface area contributed by atoms with E-state index in [0.29, 0.717) is 30.7 Å². The molecule has 0 unspecified atom stereocenters. The number of aromatic hydroxyl groups is 1. The van der Waals surface area contributed by atoms with E-state index < -0.39 is 34.6 Å². The summed E-state index contributed by atoms with van der Waals surface area (Å²) in [4.78, 5) is 24.1. The molecule has 2 heterocycles. The van der Waals surface area contributed by atoms with Gasteiger partial charge in [0.2, 0.25) is 0 Å². The van der Waals surface area contributed by atoms with Crippen molar-refractivity contribution in [3.8, 4) is 11.5 Å². The molecule has 0 bridgehead atoms. The average molecular weight is 444 g/mol. The van der Waals surface area contributed by atoms with Gasteiger partial charge in [0, 0.05) is 36.4 Å². The molecule has 2 fully saturated rings. The molecule has 5 rings (SSSR count). The van der Waals surface area contributed by atoms with Gasteiger partial charge in [0.1, 0.15) is 23.2 Å². The largest absolute Gasteiger partial charge is 0.508 e. The van der Waals surface area contributed by atoms with E-state index in [9.17, 15) is 19.8 Å². The summed E-state index contributed by atoms with van der Waals surface area (Å²) in [6, 6.07) is 1.56. The van der Waals surface area contributed by atoms with Gasteiger partial charge < -0.3 is 25.0 Å². The first-order valence-electron chi connectivity index (χ1n) is 11.6. The van der Waals surface area contributed by atoms with Gasteiger partial charge >= 0.3 is 5.97 Å². The van der Waals surface area contributed by atoms with Crippen molar-refractivity contribution in [2.24, 2.45) is 22.7 Å². The smallest absolute Gasteiger partial charge is 0.302 e. The van der Waals surface area contributed by atoms with Crippen molar-refractivity contribution in [3.05, 3.63) is 22.8 Å². The SMILES string of the molecule is CC(=O)O[C@@H]1C[C@@]2(C)[C@@H](CC[C@@H](C)[C@]23Cc2c(O)cc4c(c2O3)CNC4=O)C(C)(C)[C@@H]1O. The number of phenolic OH excluding ortho intramolecular Hbond substituents is 1. The van der Waals surface area contributed by atoms with Crippen molar-refractivity contribution in [1.82, 2.24) is 5.32 Å². The second kappa shape index (κ2) is 6.62. The molecule has 4 aliphatic rings. The molecular formula is C25H33NO6. The summed E-state index contributed by atoms with van der Waals surface area (Å²) < 4.78 is 12.5. The lowest BCUT2D eigenvalue weighted by Crippen LogP contribution is -2.69. The topological polar surface area (TPSA) is 105 Å². The molecule has 6 atom stereocenters. The Morgan fingerprint density at radius 3 is 2.66 bits per heavy atom. The summed E-state index contributed by atoms with van der Waals surface area (Å²) in [5, 5.41) is 24.8. The molecule has 7 heteroatoms. The molecular weight excluding hydrogens is 410 g/mol. The standard InChI is InChI=1S/C25H33NO6/c1-12-6-7-19-23(3,4)21(29)18(31-13(2)27)10-24(19,5)25(12)9-15-17(28)8-14-16(20(15)32-25)11-26-22(14)30/h8,12,18-19,21,28-29H,6-7,9-11H2,1-5H3,(H,26,30)/t12-,18-,19+,21-,24+,25-/m1/s1. The predicted molar refractivity (Wildman–Crippen MR) is 116 cm³/mol. The van der Waals surface area contributed by atoms with Crippen molar-refractivity contribution in [1.29, 1.82) is 0 Å². The highest BCUT2D eigenvalue weighted by Gasteiger charge is 2.69. The number of aliphatic hydroxyl groups excluding tert-OH is 1. The summed E-state index contributed by atoms with van der Waals surface area (Å²) in [7, 11) is 0. The molecule has 2 aliphatic carbocycles. The zero-order valence-electron chi connectivity index (χ0n) is 19.4. The first-order chi connectivity index (χ1) is 14.9. The van der Waals surface area contributed by atoms with Crippen LogP contribution in [0.3, 0.4) is 0 Å². The normalized spacial score (nSPS) is 39.0. The zero-order chi connectivity index (χ0) is 23.2.